The zero-order chi connectivity index (χ0) is 23.6. The van der Waals surface area contributed by atoms with Gasteiger partial charge in [-0.15, -0.1) is 5.54 Å². The van der Waals surface area contributed by atoms with Gasteiger partial charge in [-0.1, -0.05) is 101 Å². The Balaban J connectivity index is 1.75. The summed E-state index contributed by atoms with van der Waals surface area (Å²) < 4.78 is 2.04. The average Bonchev–Trinajstić information content (AvgIpc) is 3.23. The first kappa shape index (κ1) is 22.8. The van der Waals surface area contributed by atoms with Crippen LogP contribution in [0.15, 0.2) is 84.9 Å². The van der Waals surface area contributed by atoms with Crippen LogP contribution in [0.5, 0.6) is 0 Å². The van der Waals surface area contributed by atoms with Gasteiger partial charge < -0.3 is 0 Å². The first-order chi connectivity index (χ1) is 15.6. The Morgan fingerprint density at radius 2 is 1.36 bits per heavy atom. The van der Waals surface area contributed by atoms with Gasteiger partial charge in [0.25, 0.3) is 0 Å². The lowest BCUT2D eigenvalue weighted by Crippen LogP contribution is -2.16. The van der Waals surface area contributed by atoms with E-state index in [4.69, 9.17) is 5.10 Å². The summed E-state index contributed by atoms with van der Waals surface area (Å²) in [5.74, 6) is 3.34. The second-order valence-corrected chi connectivity index (χ2v) is 15.3. The largest absolute Gasteiger partial charge is 0.232 e. The minimum Gasteiger partial charge on any atom is -0.232 e. The Bertz CT molecular complexity index is 1290. The molecule has 0 aliphatic carbocycles. The van der Waals surface area contributed by atoms with Crippen LogP contribution in [0, 0.1) is 11.5 Å². The smallest absolute Gasteiger partial charge is 0.129 e. The molecule has 0 radical (unpaired) electrons. The molecule has 2 nitrogen and oxygen atoms in total. The molecule has 0 fully saturated rings. The van der Waals surface area contributed by atoms with Crippen LogP contribution in [0.3, 0.4) is 0 Å². The van der Waals surface area contributed by atoms with E-state index in [0.29, 0.717) is 0 Å². The number of nitrogens with zero attached hydrogens (tertiary/aromatic N) is 2. The van der Waals surface area contributed by atoms with E-state index in [1.54, 1.807) is 0 Å². The SMILES string of the molecule is CC(C)(C)c1ccc(-c2cc(-c3ccc(C#C[Si](C)(C)C)cc3)nn2-c2ccccc2)cc1. The molecule has 0 bridgehead atoms. The predicted octanol–water partition coefficient (Wildman–Crippen LogP) is 7.73. The first-order valence-corrected chi connectivity index (χ1v) is 15.0. The van der Waals surface area contributed by atoms with Gasteiger partial charge in [0.2, 0.25) is 0 Å². The lowest BCUT2D eigenvalue weighted by Gasteiger charge is -2.19. The molecule has 0 amide bonds. The number of aromatic nitrogens is 2. The van der Waals surface area contributed by atoms with Crippen molar-refractivity contribution >= 4 is 8.07 Å². The normalized spacial score (nSPS) is 11.7. The molecule has 0 saturated carbocycles. The summed E-state index contributed by atoms with van der Waals surface area (Å²) in [6.07, 6.45) is 0. The highest BCUT2D eigenvalue weighted by Gasteiger charge is 2.16. The van der Waals surface area contributed by atoms with Crippen LogP contribution in [0.4, 0.5) is 0 Å². The first-order valence-electron chi connectivity index (χ1n) is 11.5. The Labute approximate surface area is 199 Å². The molecule has 0 unspecified atom stereocenters. The van der Waals surface area contributed by atoms with Crippen LogP contribution in [0.1, 0.15) is 31.9 Å². The molecular weight excluding hydrogens is 416 g/mol. The molecule has 1 aromatic heterocycles. The van der Waals surface area contributed by atoms with Crippen molar-refractivity contribution in [2.75, 3.05) is 0 Å². The van der Waals surface area contributed by atoms with Crippen molar-refractivity contribution in [2.45, 2.75) is 45.8 Å². The maximum atomic E-state index is 5.00. The van der Waals surface area contributed by atoms with Crippen LogP contribution in [0.2, 0.25) is 19.6 Å². The topological polar surface area (TPSA) is 17.8 Å². The number of hydrogen-bond donors (Lipinski definition) is 0. The van der Waals surface area contributed by atoms with Gasteiger partial charge in [0.15, 0.2) is 0 Å². The van der Waals surface area contributed by atoms with Crippen molar-refractivity contribution in [1.82, 2.24) is 9.78 Å². The molecule has 3 heteroatoms. The quantitative estimate of drug-likeness (QED) is 0.231. The van der Waals surface area contributed by atoms with E-state index < -0.39 is 8.07 Å². The van der Waals surface area contributed by atoms with Gasteiger partial charge >= 0.3 is 0 Å². The third-order valence-electron chi connectivity index (χ3n) is 5.52. The van der Waals surface area contributed by atoms with E-state index >= 15 is 0 Å². The summed E-state index contributed by atoms with van der Waals surface area (Å²) in [6, 6.07) is 29.8. The Kier molecular flexibility index (Phi) is 6.15. The Hall–Kier alpha value is -3.35. The van der Waals surface area contributed by atoms with Gasteiger partial charge in [-0.05, 0) is 41.3 Å². The standard InChI is InChI=1S/C30H32N2Si/c1-30(2,3)26-18-16-25(17-19-26)29-22-28(31-32(29)27-10-8-7-9-11-27)24-14-12-23(13-15-24)20-21-33(4,5)6/h7-19,22H,1-6H3. The van der Waals surface area contributed by atoms with Crippen molar-refractivity contribution in [1.29, 1.82) is 0 Å². The summed E-state index contributed by atoms with van der Waals surface area (Å²) >= 11 is 0. The highest BCUT2D eigenvalue weighted by molar-refractivity contribution is 6.83. The minimum absolute atomic E-state index is 0.128. The fourth-order valence-corrected chi connectivity index (χ4v) is 4.14. The van der Waals surface area contributed by atoms with E-state index in [2.05, 4.69) is 131 Å². The van der Waals surface area contributed by atoms with Crippen molar-refractivity contribution in [3.63, 3.8) is 0 Å². The number of rotatable bonds is 3. The monoisotopic (exact) mass is 448 g/mol. The second kappa shape index (κ2) is 8.88. The molecule has 0 aliphatic heterocycles. The summed E-state index contributed by atoms with van der Waals surface area (Å²) in [4.78, 5) is 0. The molecule has 0 N–H and O–H groups in total. The van der Waals surface area contributed by atoms with E-state index in [1.165, 1.54) is 5.56 Å². The molecule has 0 spiro atoms. The average molecular weight is 449 g/mol. The van der Waals surface area contributed by atoms with Crippen molar-refractivity contribution in [2.24, 2.45) is 0 Å². The van der Waals surface area contributed by atoms with E-state index in [0.717, 1.165) is 33.8 Å². The molecule has 166 valence electrons. The lowest BCUT2D eigenvalue weighted by atomic mass is 9.86. The van der Waals surface area contributed by atoms with Gasteiger partial charge in [-0.3, -0.25) is 0 Å². The molecule has 0 aliphatic rings. The van der Waals surface area contributed by atoms with Crippen molar-refractivity contribution < 1.29 is 0 Å². The van der Waals surface area contributed by atoms with E-state index in [1.807, 2.05) is 10.7 Å². The van der Waals surface area contributed by atoms with Gasteiger partial charge in [-0.2, -0.15) is 5.10 Å². The lowest BCUT2D eigenvalue weighted by molar-refractivity contribution is 0.590. The fourth-order valence-electron chi connectivity index (χ4n) is 3.62. The molecule has 4 aromatic rings. The fraction of sp³-hybridized carbons (Fsp3) is 0.233. The highest BCUT2D eigenvalue weighted by atomic mass is 28.3. The predicted molar refractivity (Wildman–Crippen MR) is 143 cm³/mol. The van der Waals surface area contributed by atoms with Crippen LogP contribution in [0.25, 0.3) is 28.2 Å². The van der Waals surface area contributed by atoms with Crippen LogP contribution in [-0.2, 0) is 5.41 Å². The molecule has 0 atom stereocenters. The Morgan fingerprint density at radius 1 is 0.758 bits per heavy atom. The molecule has 4 rings (SSSR count). The zero-order valence-corrected chi connectivity index (χ0v) is 21.5. The van der Waals surface area contributed by atoms with Gasteiger partial charge in [0.05, 0.1) is 17.1 Å². The number of benzene rings is 3. The summed E-state index contributed by atoms with van der Waals surface area (Å²) in [6.45, 7) is 13.5. The Morgan fingerprint density at radius 3 is 1.94 bits per heavy atom. The third kappa shape index (κ3) is 5.53. The summed E-state index contributed by atoms with van der Waals surface area (Å²) in [5, 5.41) is 5.00. The molecule has 0 saturated heterocycles. The highest BCUT2D eigenvalue weighted by Crippen LogP contribution is 2.31. The molecule has 1 heterocycles. The van der Waals surface area contributed by atoms with E-state index in [9.17, 15) is 0 Å². The zero-order valence-electron chi connectivity index (χ0n) is 20.5. The second-order valence-electron chi connectivity index (χ2n) is 10.6. The van der Waals surface area contributed by atoms with Gasteiger partial charge in [-0.25, -0.2) is 4.68 Å². The van der Waals surface area contributed by atoms with E-state index in [-0.39, 0.29) is 5.41 Å². The maximum absolute atomic E-state index is 5.00. The summed E-state index contributed by atoms with van der Waals surface area (Å²) in [5.41, 5.74) is 11.3. The number of para-hydroxylation sites is 1. The molecule has 33 heavy (non-hydrogen) atoms. The van der Waals surface area contributed by atoms with Crippen LogP contribution < -0.4 is 0 Å². The molecule has 3 aromatic carbocycles. The minimum atomic E-state index is -1.39. The third-order valence-corrected chi connectivity index (χ3v) is 6.39. The van der Waals surface area contributed by atoms with Gasteiger partial charge in [0.1, 0.15) is 8.07 Å². The van der Waals surface area contributed by atoms with Crippen LogP contribution >= 0.6 is 0 Å². The number of hydrogen-bond acceptors (Lipinski definition) is 1. The van der Waals surface area contributed by atoms with Crippen molar-refractivity contribution in [3.05, 3.63) is 96.1 Å². The van der Waals surface area contributed by atoms with Crippen LogP contribution in [-0.4, -0.2) is 17.9 Å². The maximum Gasteiger partial charge on any atom is 0.129 e. The van der Waals surface area contributed by atoms with Gasteiger partial charge in [0, 0.05) is 16.7 Å². The van der Waals surface area contributed by atoms with Crippen molar-refractivity contribution in [3.8, 4) is 39.7 Å². The molecular formula is C30H32N2Si. The summed E-state index contributed by atoms with van der Waals surface area (Å²) in [7, 11) is -1.39.